The van der Waals surface area contributed by atoms with Crippen LogP contribution in [0.4, 0.5) is 11.6 Å². The third kappa shape index (κ3) is 3.72. The Morgan fingerprint density at radius 1 is 1.29 bits per heavy atom. The van der Waals surface area contributed by atoms with Crippen LogP contribution in [0.3, 0.4) is 0 Å². The van der Waals surface area contributed by atoms with Crippen LogP contribution < -0.4 is 5.32 Å². The van der Waals surface area contributed by atoms with Gasteiger partial charge in [-0.2, -0.15) is 0 Å². The fraction of sp³-hybridized carbons (Fsp3) is 0.438. The van der Waals surface area contributed by atoms with Gasteiger partial charge in [0.1, 0.15) is 0 Å². The molecule has 0 saturated carbocycles. The summed E-state index contributed by atoms with van der Waals surface area (Å²) in [5.74, 6) is 0.268. The molecule has 0 unspecified atom stereocenters. The zero-order chi connectivity index (χ0) is 16.9. The van der Waals surface area contributed by atoms with E-state index in [1.165, 1.54) is 11.9 Å². The van der Waals surface area contributed by atoms with E-state index in [2.05, 4.69) is 21.3 Å². The second-order valence-corrected chi connectivity index (χ2v) is 5.80. The van der Waals surface area contributed by atoms with Crippen molar-refractivity contribution in [2.75, 3.05) is 31.6 Å². The van der Waals surface area contributed by atoms with Crippen LogP contribution in [0.5, 0.6) is 0 Å². The molecule has 0 spiro atoms. The van der Waals surface area contributed by atoms with E-state index in [4.69, 9.17) is 4.74 Å². The maximum atomic E-state index is 11.0. The molecular weight excluding hydrogens is 310 g/mol. The number of benzene rings is 1. The van der Waals surface area contributed by atoms with Crippen molar-refractivity contribution in [2.24, 2.45) is 7.05 Å². The molecule has 1 saturated heterocycles. The number of hydrogen-bond acceptors (Lipinski definition) is 6. The van der Waals surface area contributed by atoms with E-state index in [9.17, 15) is 10.1 Å². The van der Waals surface area contributed by atoms with Crippen LogP contribution >= 0.6 is 0 Å². The highest BCUT2D eigenvalue weighted by Gasteiger charge is 2.20. The molecule has 0 radical (unpaired) electrons. The van der Waals surface area contributed by atoms with E-state index in [-0.39, 0.29) is 5.82 Å². The van der Waals surface area contributed by atoms with Crippen molar-refractivity contribution in [2.45, 2.75) is 13.1 Å². The molecule has 24 heavy (non-hydrogen) atoms. The van der Waals surface area contributed by atoms with Gasteiger partial charge >= 0.3 is 5.82 Å². The number of rotatable bonds is 6. The Hall–Kier alpha value is -2.45. The molecule has 1 aliphatic heterocycles. The predicted molar refractivity (Wildman–Crippen MR) is 89.7 cm³/mol. The van der Waals surface area contributed by atoms with Gasteiger partial charge in [-0.1, -0.05) is 24.3 Å². The van der Waals surface area contributed by atoms with Crippen LogP contribution in [0.1, 0.15) is 11.1 Å². The lowest BCUT2D eigenvalue weighted by Crippen LogP contribution is -2.35. The fourth-order valence-electron chi connectivity index (χ4n) is 2.82. The fourth-order valence-corrected chi connectivity index (χ4v) is 2.82. The summed E-state index contributed by atoms with van der Waals surface area (Å²) in [4.78, 5) is 16.8. The van der Waals surface area contributed by atoms with Crippen molar-refractivity contribution in [1.82, 2.24) is 14.5 Å². The van der Waals surface area contributed by atoms with E-state index in [0.717, 1.165) is 38.4 Å². The Bertz CT molecular complexity index is 709. The Kier molecular flexibility index (Phi) is 5.07. The molecule has 3 rings (SSSR count). The number of aromatic nitrogens is 2. The zero-order valence-electron chi connectivity index (χ0n) is 13.6. The summed E-state index contributed by atoms with van der Waals surface area (Å²) < 4.78 is 7.01. The number of nitrogens with zero attached hydrogens (tertiary/aromatic N) is 4. The van der Waals surface area contributed by atoms with Gasteiger partial charge in [0, 0.05) is 33.2 Å². The summed E-state index contributed by atoms with van der Waals surface area (Å²) in [6.07, 6.45) is 1.44. The second-order valence-electron chi connectivity index (χ2n) is 5.80. The highest BCUT2D eigenvalue weighted by Crippen LogP contribution is 2.22. The summed E-state index contributed by atoms with van der Waals surface area (Å²) in [5, 5.41) is 14.2. The molecule has 1 aromatic carbocycles. The minimum absolute atomic E-state index is 0.150. The summed E-state index contributed by atoms with van der Waals surface area (Å²) in [6.45, 7) is 4.75. The van der Waals surface area contributed by atoms with E-state index >= 15 is 0 Å². The van der Waals surface area contributed by atoms with Crippen molar-refractivity contribution >= 4 is 11.6 Å². The molecule has 1 aliphatic rings. The van der Waals surface area contributed by atoms with Crippen molar-refractivity contribution < 1.29 is 9.66 Å². The lowest BCUT2D eigenvalue weighted by molar-refractivity contribution is -0.388. The number of hydrogen-bond donors (Lipinski definition) is 1. The van der Waals surface area contributed by atoms with Crippen LogP contribution in [0, 0.1) is 10.1 Å². The molecule has 2 aromatic rings. The number of aryl methyl sites for hydroxylation is 1. The highest BCUT2D eigenvalue weighted by molar-refractivity contribution is 5.52. The summed E-state index contributed by atoms with van der Waals surface area (Å²) in [7, 11) is 1.74. The first-order valence-electron chi connectivity index (χ1n) is 7.91. The largest absolute Gasteiger partial charge is 0.406 e. The number of morpholine rings is 1. The monoisotopic (exact) mass is 331 g/mol. The number of imidazole rings is 1. The molecule has 0 atom stereocenters. The molecule has 1 fully saturated rings. The van der Waals surface area contributed by atoms with E-state index in [1.807, 2.05) is 18.2 Å². The quantitative estimate of drug-likeness (QED) is 0.641. The minimum Gasteiger partial charge on any atom is -0.379 e. The first-order valence-corrected chi connectivity index (χ1v) is 7.91. The van der Waals surface area contributed by atoms with Crippen molar-refractivity contribution in [3.8, 4) is 0 Å². The molecule has 2 heterocycles. The van der Waals surface area contributed by atoms with Crippen LogP contribution in [-0.4, -0.2) is 45.7 Å². The van der Waals surface area contributed by atoms with Crippen LogP contribution in [0.25, 0.3) is 0 Å². The van der Waals surface area contributed by atoms with Crippen molar-refractivity contribution in [1.29, 1.82) is 0 Å². The van der Waals surface area contributed by atoms with Crippen molar-refractivity contribution in [3.05, 3.63) is 51.8 Å². The summed E-state index contributed by atoms with van der Waals surface area (Å²) >= 11 is 0. The molecule has 1 aromatic heterocycles. The molecule has 1 N–H and O–H groups in total. The van der Waals surface area contributed by atoms with Gasteiger partial charge in [-0.25, -0.2) is 0 Å². The highest BCUT2D eigenvalue weighted by atomic mass is 16.6. The van der Waals surface area contributed by atoms with Gasteiger partial charge in [-0.3, -0.25) is 9.47 Å². The van der Waals surface area contributed by atoms with Gasteiger partial charge in [-0.15, -0.1) is 0 Å². The SMILES string of the molecule is Cn1cnc([N+](=O)[O-])c1NCc1ccccc1CN1CCOCC1. The number of anilines is 1. The average Bonchev–Trinajstić information content (AvgIpc) is 2.96. The first-order chi connectivity index (χ1) is 11.6. The first kappa shape index (κ1) is 16.4. The van der Waals surface area contributed by atoms with Gasteiger partial charge in [0.25, 0.3) is 0 Å². The minimum atomic E-state index is -0.470. The van der Waals surface area contributed by atoms with Crippen LogP contribution in [-0.2, 0) is 24.9 Å². The molecule has 8 heteroatoms. The van der Waals surface area contributed by atoms with Crippen LogP contribution in [0.2, 0.25) is 0 Å². The lowest BCUT2D eigenvalue weighted by atomic mass is 10.1. The third-order valence-electron chi connectivity index (χ3n) is 4.15. The molecular formula is C16H21N5O3. The van der Waals surface area contributed by atoms with Gasteiger partial charge in [0.05, 0.1) is 13.2 Å². The zero-order valence-corrected chi connectivity index (χ0v) is 13.6. The Morgan fingerprint density at radius 2 is 2.00 bits per heavy atom. The second kappa shape index (κ2) is 7.41. The van der Waals surface area contributed by atoms with Gasteiger partial charge in [-0.05, 0) is 21.0 Å². The topological polar surface area (TPSA) is 85.5 Å². The standard InChI is InChI=1S/C16H21N5O3/c1-19-12-18-16(21(22)23)15(19)17-10-13-4-2-3-5-14(13)11-20-6-8-24-9-7-20/h2-5,12,17H,6-11H2,1H3. The van der Waals surface area contributed by atoms with Crippen molar-refractivity contribution in [3.63, 3.8) is 0 Å². The lowest BCUT2D eigenvalue weighted by Gasteiger charge is -2.27. The number of ether oxygens (including phenoxy) is 1. The smallest absolute Gasteiger partial charge is 0.379 e. The van der Waals surface area contributed by atoms with Gasteiger partial charge in [0.2, 0.25) is 12.1 Å². The van der Waals surface area contributed by atoms with E-state index < -0.39 is 4.92 Å². The predicted octanol–water partition coefficient (Wildman–Crippen LogP) is 1.77. The Morgan fingerprint density at radius 3 is 2.71 bits per heavy atom. The van der Waals surface area contributed by atoms with Crippen LogP contribution in [0.15, 0.2) is 30.6 Å². The molecule has 8 nitrogen and oxygen atoms in total. The normalized spacial score (nSPS) is 15.4. The maximum Gasteiger partial charge on any atom is 0.406 e. The average molecular weight is 331 g/mol. The third-order valence-corrected chi connectivity index (χ3v) is 4.15. The number of nitro groups is 1. The van der Waals surface area contributed by atoms with Gasteiger partial charge in [0.15, 0.2) is 0 Å². The molecule has 0 aliphatic carbocycles. The maximum absolute atomic E-state index is 11.0. The summed E-state index contributed by atoms with van der Waals surface area (Å²) in [5.41, 5.74) is 2.34. The molecule has 0 bridgehead atoms. The number of nitrogens with one attached hydrogen (secondary N) is 1. The summed E-state index contributed by atoms with van der Waals surface area (Å²) in [6, 6.07) is 8.15. The van der Waals surface area contributed by atoms with E-state index in [0.29, 0.717) is 12.4 Å². The van der Waals surface area contributed by atoms with Gasteiger partial charge < -0.3 is 20.2 Å². The molecule has 128 valence electrons. The Balaban J connectivity index is 1.71. The van der Waals surface area contributed by atoms with E-state index in [1.54, 1.807) is 11.6 Å². The molecule has 0 amide bonds. The Labute approximate surface area is 140 Å².